The molecule has 0 saturated carbocycles. The number of nitrogens with one attached hydrogen (secondary N) is 2. The highest BCUT2D eigenvalue weighted by molar-refractivity contribution is 5.86. The van der Waals surface area contributed by atoms with Crippen molar-refractivity contribution in [2.75, 3.05) is 40.4 Å². The van der Waals surface area contributed by atoms with Crippen LogP contribution in [0.2, 0.25) is 0 Å². The Kier molecular flexibility index (Phi) is 6.27. The highest BCUT2D eigenvalue weighted by Crippen LogP contribution is 2.13. The fourth-order valence-corrected chi connectivity index (χ4v) is 2.41. The second-order valence-electron chi connectivity index (χ2n) is 5.37. The van der Waals surface area contributed by atoms with Crippen molar-refractivity contribution in [3.05, 3.63) is 24.2 Å². The van der Waals surface area contributed by atoms with E-state index in [0.717, 1.165) is 31.9 Å². The maximum atomic E-state index is 11.8. The van der Waals surface area contributed by atoms with Crippen molar-refractivity contribution in [2.45, 2.75) is 13.0 Å². The second-order valence-corrected chi connectivity index (χ2v) is 5.37. The smallest absolute Gasteiger partial charge is 0.239 e. The summed E-state index contributed by atoms with van der Waals surface area (Å²) in [5, 5.41) is 5.85. The normalized spacial score (nSPS) is 18.3. The van der Waals surface area contributed by atoms with Crippen LogP contribution < -0.4 is 10.6 Å². The molecule has 0 radical (unpaired) electrons. The van der Waals surface area contributed by atoms with Gasteiger partial charge in [0, 0.05) is 33.2 Å². The summed E-state index contributed by atoms with van der Waals surface area (Å²) in [7, 11) is 3.68. The molecule has 0 aliphatic carbocycles. The number of guanidine groups is 1. The van der Waals surface area contributed by atoms with Crippen molar-refractivity contribution in [1.82, 2.24) is 15.5 Å². The van der Waals surface area contributed by atoms with Gasteiger partial charge in [-0.05, 0) is 18.6 Å². The van der Waals surface area contributed by atoms with Gasteiger partial charge in [0.2, 0.25) is 5.91 Å². The lowest BCUT2D eigenvalue weighted by atomic mass is 10.1. The van der Waals surface area contributed by atoms with Gasteiger partial charge in [0.05, 0.1) is 26.0 Å². The standard InChI is InChI=1S/C15H24N4O3/c1-16-15(19(2)10-12-5-7-21-11-12)18-9-14(20)17-8-13-4-3-6-22-13/h3-4,6,12H,5,7-11H2,1-2H3,(H,16,18)(H,17,20). The van der Waals surface area contributed by atoms with Gasteiger partial charge in [-0.15, -0.1) is 0 Å². The molecule has 1 unspecified atom stereocenters. The van der Waals surface area contributed by atoms with Gasteiger partial charge in [0.15, 0.2) is 5.96 Å². The number of amides is 1. The van der Waals surface area contributed by atoms with Gasteiger partial charge in [-0.1, -0.05) is 0 Å². The molecule has 1 atom stereocenters. The van der Waals surface area contributed by atoms with Crippen LogP contribution in [0, 0.1) is 5.92 Å². The Morgan fingerprint density at radius 3 is 3.00 bits per heavy atom. The molecule has 1 fully saturated rings. The van der Waals surface area contributed by atoms with Gasteiger partial charge in [-0.3, -0.25) is 9.79 Å². The summed E-state index contributed by atoms with van der Waals surface area (Å²) in [6.45, 7) is 3.07. The topological polar surface area (TPSA) is 79.1 Å². The SMILES string of the molecule is CN=C(NCC(=O)NCc1ccco1)N(C)CC1CCOC1. The van der Waals surface area contributed by atoms with Gasteiger partial charge < -0.3 is 24.7 Å². The Morgan fingerprint density at radius 2 is 2.36 bits per heavy atom. The summed E-state index contributed by atoms with van der Waals surface area (Å²) >= 11 is 0. The first-order valence-electron chi connectivity index (χ1n) is 7.47. The van der Waals surface area contributed by atoms with Crippen LogP contribution in [0.4, 0.5) is 0 Å². The molecule has 1 aromatic heterocycles. The minimum Gasteiger partial charge on any atom is -0.467 e. The largest absolute Gasteiger partial charge is 0.467 e. The molecular formula is C15H24N4O3. The van der Waals surface area contributed by atoms with E-state index >= 15 is 0 Å². The molecule has 7 heteroatoms. The monoisotopic (exact) mass is 308 g/mol. The average molecular weight is 308 g/mol. The summed E-state index contributed by atoms with van der Waals surface area (Å²) < 4.78 is 10.5. The number of furan rings is 1. The average Bonchev–Trinajstić information content (AvgIpc) is 3.19. The molecule has 1 aliphatic rings. The zero-order chi connectivity index (χ0) is 15.8. The third-order valence-electron chi connectivity index (χ3n) is 3.58. The van der Waals surface area contributed by atoms with E-state index < -0.39 is 0 Å². The molecule has 1 aliphatic heterocycles. The zero-order valence-corrected chi connectivity index (χ0v) is 13.2. The fraction of sp³-hybridized carbons (Fsp3) is 0.600. The van der Waals surface area contributed by atoms with E-state index in [1.807, 2.05) is 18.0 Å². The van der Waals surface area contributed by atoms with Crippen LogP contribution in [0.3, 0.4) is 0 Å². The number of ether oxygens (including phenoxy) is 1. The van der Waals surface area contributed by atoms with Gasteiger partial charge in [-0.25, -0.2) is 0 Å². The van der Waals surface area contributed by atoms with Crippen LogP contribution in [0.5, 0.6) is 0 Å². The molecule has 7 nitrogen and oxygen atoms in total. The van der Waals surface area contributed by atoms with Crippen LogP contribution in [-0.2, 0) is 16.1 Å². The lowest BCUT2D eigenvalue weighted by Crippen LogP contribution is -2.45. The summed E-state index contributed by atoms with van der Waals surface area (Å²) in [6, 6.07) is 3.62. The molecule has 1 saturated heterocycles. The predicted molar refractivity (Wildman–Crippen MR) is 83.5 cm³/mol. The number of carbonyl (C=O) groups is 1. The number of carbonyl (C=O) groups excluding carboxylic acids is 1. The summed E-state index contributed by atoms with van der Waals surface area (Å²) in [4.78, 5) is 18.0. The van der Waals surface area contributed by atoms with Crippen molar-refractivity contribution in [2.24, 2.45) is 10.9 Å². The molecule has 2 heterocycles. The van der Waals surface area contributed by atoms with E-state index in [1.54, 1.807) is 19.4 Å². The lowest BCUT2D eigenvalue weighted by molar-refractivity contribution is -0.120. The van der Waals surface area contributed by atoms with Crippen molar-refractivity contribution in [1.29, 1.82) is 0 Å². The molecule has 2 N–H and O–H groups in total. The second kappa shape index (κ2) is 8.43. The van der Waals surface area contributed by atoms with Gasteiger partial charge in [0.25, 0.3) is 0 Å². The lowest BCUT2D eigenvalue weighted by Gasteiger charge is -2.24. The zero-order valence-electron chi connectivity index (χ0n) is 13.2. The first-order valence-corrected chi connectivity index (χ1v) is 7.47. The van der Waals surface area contributed by atoms with E-state index in [9.17, 15) is 4.79 Å². The summed E-state index contributed by atoms with van der Waals surface area (Å²) in [6.07, 6.45) is 2.66. The highest BCUT2D eigenvalue weighted by Gasteiger charge is 2.19. The maximum Gasteiger partial charge on any atom is 0.239 e. The van der Waals surface area contributed by atoms with E-state index in [4.69, 9.17) is 9.15 Å². The number of nitrogens with zero attached hydrogens (tertiary/aromatic N) is 2. The summed E-state index contributed by atoms with van der Waals surface area (Å²) in [5.41, 5.74) is 0. The van der Waals surface area contributed by atoms with Crippen LogP contribution in [-0.4, -0.2) is 57.2 Å². The predicted octanol–water partition coefficient (Wildman–Crippen LogP) is 0.440. The van der Waals surface area contributed by atoms with E-state index in [0.29, 0.717) is 18.4 Å². The molecule has 0 bridgehead atoms. The first kappa shape index (κ1) is 16.4. The molecular weight excluding hydrogens is 284 g/mol. The quantitative estimate of drug-likeness (QED) is 0.589. The minimum atomic E-state index is -0.102. The maximum absolute atomic E-state index is 11.8. The van der Waals surface area contributed by atoms with Gasteiger partial charge >= 0.3 is 0 Å². The number of hydrogen-bond donors (Lipinski definition) is 2. The van der Waals surface area contributed by atoms with Crippen LogP contribution >= 0.6 is 0 Å². The first-order chi connectivity index (χ1) is 10.7. The van der Waals surface area contributed by atoms with Crippen LogP contribution in [0.25, 0.3) is 0 Å². The van der Waals surface area contributed by atoms with Crippen molar-refractivity contribution in [3.8, 4) is 0 Å². The number of hydrogen-bond acceptors (Lipinski definition) is 4. The van der Waals surface area contributed by atoms with Crippen LogP contribution in [0.1, 0.15) is 12.2 Å². The summed E-state index contributed by atoms with van der Waals surface area (Å²) in [5.74, 6) is 1.86. The van der Waals surface area contributed by atoms with Crippen molar-refractivity contribution in [3.63, 3.8) is 0 Å². The fourth-order valence-electron chi connectivity index (χ4n) is 2.41. The number of rotatable bonds is 6. The van der Waals surface area contributed by atoms with E-state index in [1.165, 1.54) is 0 Å². The molecule has 1 aromatic rings. The van der Waals surface area contributed by atoms with Gasteiger partial charge in [-0.2, -0.15) is 0 Å². The third-order valence-corrected chi connectivity index (χ3v) is 3.58. The van der Waals surface area contributed by atoms with Crippen molar-refractivity contribution >= 4 is 11.9 Å². The van der Waals surface area contributed by atoms with Gasteiger partial charge in [0.1, 0.15) is 5.76 Å². The Balaban J connectivity index is 1.69. The molecule has 2 rings (SSSR count). The Hall–Kier alpha value is -2.02. The third kappa shape index (κ3) is 5.07. The van der Waals surface area contributed by atoms with Crippen molar-refractivity contribution < 1.29 is 13.9 Å². The van der Waals surface area contributed by atoms with Crippen LogP contribution in [0.15, 0.2) is 27.8 Å². The molecule has 1 amide bonds. The minimum absolute atomic E-state index is 0.102. The molecule has 0 aromatic carbocycles. The molecule has 122 valence electrons. The molecule has 0 spiro atoms. The molecule has 22 heavy (non-hydrogen) atoms. The van der Waals surface area contributed by atoms with E-state index in [-0.39, 0.29) is 12.5 Å². The Morgan fingerprint density at radius 1 is 1.50 bits per heavy atom. The van der Waals surface area contributed by atoms with E-state index in [2.05, 4.69) is 15.6 Å². The highest BCUT2D eigenvalue weighted by atomic mass is 16.5. The Labute approximate surface area is 130 Å². The Bertz CT molecular complexity index is 481. The number of aliphatic imine (C=N–C) groups is 1.